The van der Waals surface area contributed by atoms with Gasteiger partial charge in [-0.05, 0) is 53.5 Å². The fourth-order valence-corrected chi connectivity index (χ4v) is 9.04. The number of hydrogen-bond donors (Lipinski definition) is 0. The Bertz CT molecular complexity index is 4290. The maximum atomic E-state index is 9.19. The minimum atomic E-state index is -0.506. The summed E-state index contributed by atoms with van der Waals surface area (Å²) in [5, 5.41) is 3.15. The normalized spacial score (nSPS) is 13.6. The zero-order chi connectivity index (χ0) is 48.4. The highest BCUT2D eigenvalue weighted by molar-refractivity contribution is 6.24. The van der Waals surface area contributed by atoms with Crippen molar-refractivity contribution in [3.63, 3.8) is 0 Å². The van der Waals surface area contributed by atoms with Crippen LogP contribution in [0, 0.1) is 0 Å². The molecule has 0 saturated heterocycles. The minimum Gasteiger partial charge on any atom is -0.452 e. The maximum Gasteiger partial charge on any atom is 0.164 e. The monoisotopic (exact) mass is 813 g/mol. The first-order valence-corrected chi connectivity index (χ1v) is 20.5. The highest BCUT2D eigenvalue weighted by atomic mass is 16.3. The van der Waals surface area contributed by atoms with Crippen LogP contribution in [-0.2, 0) is 0 Å². The molecule has 294 valence electrons. The lowest BCUT2D eigenvalue weighted by molar-refractivity contribution is 0.668. The third kappa shape index (κ3) is 5.48. The molecule has 0 aliphatic rings. The molecule has 6 nitrogen and oxygen atoms in total. The van der Waals surface area contributed by atoms with Crippen molar-refractivity contribution in [2.24, 2.45) is 0 Å². The summed E-state index contributed by atoms with van der Waals surface area (Å²) in [6, 6.07) is 50.3. The van der Waals surface area contributed by atoms with Crippen LogP contribution in [0.15, 0.2) is 217 Å². The van der Waals surface area contributed by atoms with Gasteiger partial charge in [-0.1, -0.05) is 170 Å². The van der Waals surface area contributed by atoms with Crippen LogP contribution in [0.1, 0.15) is 11.0 Å². The molecule has 0 fully saturated rings. The van der Waals surface area contributed by atoms with Crippen LogP contribution >= 0.6 is 0 Å². The van der Waals surface area contributed by atoms with E-state index in [4.69, 9.17) is 27.6 Å². The third-order valence-corrected chi connectivity index (χ3v) is 11.8. The molecular weight excluding hydrogens is 771 g/mol. The second-order valence-electron chi connectivity index (χ2n) is 15.4. The number of aromatic nitrogens is 5. The van der Waals surface area contributed by atoms with E-state index in [9.17, 15) is 2.74 Å². The summed E-state index contributed by atoms with van der Waals surface area (Å²) >= 11 is 0. The smallest absolute Gasteiger partial charge is 0.164 e. The highest BCUT2D eigenvalue weighted by Crippen LogP contribution is 2.45. The number of para-hydroxylation sites is 4. The molecule has 13 aromatic rings. The van der Waals surface area contributed by atoms with E-state index in [1.807, 2.05) is 121 Å². The van der Waals surface area contributed by atoms with Crippen LogP contribution in [-0.4, -0.2) is 24.1 Å². The largest absolute Gasteiger partial charge is 0.452 e. The summed E-state index contributed by atoms with van der Waals surface area (Å²) in [6.07, 6.45) is 0. The van der Waals surface area contributed by atoms with Crippen LogP contribution in [0.25, 0.3) is 122 Å². The molecule has 0 saturated carbocycles. The fraction of sp³-hybridized carbons (Fsp3) is 0. The van der Waals surface area contributed by atoms with Gasteiger partial charge in [0.25, 0.3) is 0 Å². The van der Waals surface area contributed by atoms with E-state index in [0.717, 1.165) is 60.7 Å². The first kappa shape index (κ1) is 28.0. The molecule has 4 heterocycles. The quantitative estimate of drug-likeness (QED) is 0.168. The van der Waals surface area contributed by atoms with Gasteiger partial charge in [-0.25, -0.2) is 15.0 Å². The molecule has 63 heavy (non-hydrogen) atoms. The Kier molecular flexibility index (Phi) is 6.22. The second kappa shape index (κ2) is 14.0. The van der Waals surface area contributed by atoms with Crippen molar-refractivity contribution in [2.45, 2.75) is 0 Å². The molecule has 0 radical (unpaired) electrons. The van der Waals surface area contributed by atoms with Gasteiger partial charge in [0.2, 0.25) is 0 Å². The van der Waals surface area contributed by atoms with Gasteiger partial charge in [-0.2, -0.15) is 0 Å². The molecule has 0 aliphatic carbocycles. The van der Waals surface area contributed by atoms with Crippen molar-refractivity contribution in [1.82, 2.24) is 24.1 Å². The van der Waals surface area contributed by atoms with Gasteiger partial charge in [-0.15, -0.1) is 0 Å². The maximum absolute atomic E-state index is 9.19. The zero-order valence-corrected chi connectivity index (χ0v) is 33.2. The molecule has 0 unspecified atom stereocenters. The van der Waals surface area contributed by atoms with Crippen LogP contribution in [0.3, 0.4) is 0 Å². The Hall–Kier alpha value is -8.61. The molecule has 0 amide bonds. The summed E-state index contributed by atoms with van der Waals surface area (Å²) in [6.45, 7) is 0. The topological polar surface area (TPSA) is 61.7 Å². The van der Waals surface area contributed by atoms with E-state index >= 15 is 0 Å². The van der Waals surface area contributed by atoms with Crippen LogP contribution in [0.5, 0.6) is 0 Å². The molecule has 0 bridgehead atoms. The predicted molar refractivity (Wildman–Crippen MR) is 258 cm³/mol. The molecule has 0 atom stereocenters. The van der Waals surface area contributed by atoms with Crippen molar-refractivity contribution in [3.05, 3.63) is 212 Å². The Morgan fingerprint density at radius 2 is 0.921 bits per heavy atom. The molecule has 0 aliphatic heterocycles. The Morgan fingerprint density at radius 1 is 0.381 bits per heavy atom. The van der Waals surface area contributed by atoms with E-state index in [0.29, 0.717) is 39.7 Å². The van der Waals surface area contributed by atoms with E-state index in [1.165, 1.54) is 4.57 Å². The second-order valence-corrected chi connectivity index (χ2v) is 15.4. The number of rotatable bonds is 6. The van der Waals surface area contributed by atoms with Gasteiger partial charge < -0.3 is 13.6 Å². The van der Waals surface area contributed by atoms with Crippen molar-refractivity contribution >= 4 is 65.6 Å². The Labute approximate surface area is 372 Å². The first-order valence-electron chi connectivity index (χ1n) is 24.5. The molecule has 0 spiro atoms. The predicted octanol–water partition coefficient (Wildman–Crippen LogP) is 14.6. The van der Waals surface area contributed by atoms with Crippen LogP contribution in [0.2, 0.25) is 0 Å². The van der Waals surface area contributed by atoms with E-state index in [-0.39, 0.29) is 33.9 Å². The van der Waals surface area contributed by atoms with Gasteiger partial charge in [0, 0.05) is 54.7 Å². The average molecular weight is 814 g/mol. The van der Waals surface area contributed by atoms with Crippen molar-refractivity contribution in [1.29, 1.82) is 0 Å². The molecule has 9 aromatic carbocycles. The zero-order valence-electron chi connectivity index (χ0n) is 41.2. The van der Waals surface area contributed by atoms with Crippen molar-refractivity contribution in [3.8, 4) is 56.7 Å². The van der Waals surface area contributed by atoms with Crippen molar-refractivity contribution < 1.29 is 15.4 Å². The van der Waals surface area contributed by atoms with Gasteiger partial charge in [-0.3, -0.25) is 0 Å². The SMILES string of the molecule is [2H]c1c([2H])c([2H])c2c(c1[2H])c1c([2H])c([2H])c([2H])c([2H])c1n2-c1cccc2c1oc1c2ccc2c3c(-c4nc(-c5ccccc5)nc(-c5ccc(-c6ccccc6)cc5)n4)cccc3n(-c3ccccc3)c21. The molecule has 13 rings (SSSR count). The van der Waals surface area contributed by atoms with Crippen LogP contribution < -0.4 is 0 Å². The number of furan rings is 1. The Balaban J connectivity index is 1.10. The number of benzene rings is 9. The number of hydrogen-bond acceptors (Lipinski definition) is 4. The van der Waals surface area contributed by atoms with Crippen molar-refractivity contribution in [2.75, 3.05) is 0 Å². The lowest BCUT2D eigenvalue weighted by atomic mass is 10.0. The minimum absolute atomic E-state index is 0.00801. The summed E-state index contributed by atoms with van der Waals surface area (Å²) in [5.74, 6) is 1.52. The summed E-state index contributed by atoms with van der Waals surface area (Å²) in [4.78, 5) is 15.4. The van der Waals surface area contributed by atoms with Gasteiger partial charge in [0.05, 0.1) is 38.7 Å². The van der Waals surface area contributed by atoms with Gasteiger partial charge in [0.1, 0.15) is 0 Å². The van der Waals surface area contributed by atoms with E-state index in [1.54, 1.807) is 6.07 Å². The molecule has 6 heteroatoms. The third-order valence-electron chi connectivity index (χ3n) is 11.8. The number of fused-ring (bicyclic) bond motifs is 10. The number of nitrogens with zero attached hydrogens (tertiary/aromatic N) is 5. The standard InChI is InChI=1S/C57H35N5O/c1-4-16-36(17-5-1)37-30-32-39(33-31-37)56-58-55(38-18-6-2-7-19-38)59-57(60-56)46-25-15-28-49-51(46)45-35-34-44-43-24-14-29-50(53(43)63-54(44)52(45)61(49)40-20-8-3-9-21-40)62-47-26-12-10-22-41(47)42-23-11-13-27-48(42)62/h1-35H/i10D,11D,12D,13D,22D,23D,26D,27D. The first-order chi connectivity index (χ1) is 34.6. The summed E-state index contributed by atoms with van der Waals surface area (Å²) in [7, 11) is 0. The van der Waals surface area contributed by atoms with Gasteiger partial charge in [0.15, 0.2) is 28.6 Å². The van der Waals surface area contributed by atoms with Gasteiger partial charge >= 0.3 is 0 Å². The Morgan fingerprint density at radius 3 is 1.62 bits per heavy atom. The highest BCUT2D eigenvalue weighted by Gasteiger charge is 2.25. The molecule has 0 N–H and O–H groups in total. The van der Waals surface area contributed by atoms with E-state index < -0.39 is 36.3 Å². The summed E-state index contributed by atoms with van der Waals surface area (Å²) in [5.41, 5.74) is 8.35. The average Bonchev–Trinajstić information content (AvgIpc) is 4.10. The van der Waals surface area contributed by atoms with Crippen LogP contribution in [0.4, 0.5) is 0 Å². The molecular formula is C57H35N5O. The lowest BCUT2D eigenvalue weighted by Gasteiger charge is -2.11. The lowest BCUT2D eigenvalue weighted by Crippen LogP contribution is -2.00. The summed E-state index contributed by atoms with van der Waals surface area (Å²) < 4.78 is 81.7. The fourth-order valence-electron chi connectivity index (χ4n) is 9.04. The molecule has 4 aromatic heterocycles. The van der Waals surface area contributed by atoms with E-state index in [2.05, 4.69) is 41.0 Å².